The number of hydrogen-bond acceptors (Lipinski definition) is 7. The second-order valence-corrected chi connectivity index (χ2v) is 7.56. The summed E-state index contributed by atoms with van der Waals surface area (Å²) in [6.07, 6.45) is 0. The summed E-state index contributed by atoms with van der Waals surface area (Å²) in [6, 6.07) is 25.4. The van der Waals surface area contributed by atoms with Crippen LogP contribution in [0.2, 0.25) is 0 Å². The van der Waals surface area contributed by atoms with E-state index in [0.29, 0.717) is 12.3 Å². The van der Waals surface area contributed by atoms with Gasteiger partial charge >= 0.3 is 11.9 Å². The quantitative estimate of drug-likeness (QED) is 0.487. The lowest BCUT2D eigenvalue weighted by Gasteiger charge is -2.31. The number of carbonyl (C=O) groups is 2. The number of ether oxygens (including phenoxy) is 4. The highest BCUT2D eigenvalue weighted by molar-refractivity contribution is 6.03. The lowest BCUT2D eigenvalue weighted by Crippen LogP contribution is -2.38. The minimum atomic E-state index is -0.632. The maximum absolute atomic E-state index is 12.5. The predicted molar refractivity (Wildman–Crippen MR) is 127 cm³/mol. The third-order valence-corrected chi connectivity index (χ3v) is 5.43. The van der Waals surface area contributed by atoms with Gasteiger partial charge in [0.1, 0.15) is 24.8 Å². The van der Waals surface area contributed by atoms with Crippen LogP contribution in [0, 0.1) is 0 Å². The summed E-state index contributed by atoms with van der Waals surface area (Å²) in [4.78, 5) is 26.4. The minimum absolute atomic E-state index is 0.0300. The van der Waals surface area contributed by atoms with Crippen LogP contribution < -0.4 is 9.64 Å². The van der Waals surface area contributed by atoms with Crippen LogP contribution in [0.4, 0.5) is 5.69 Å². The first-order valence-corrected chi connectivity index (χ1v) is 10.7. The molecule has 0 amide bonds. The van der Waals surface area contributed by atoms with Crippen molar-refractivity contribution in [2.75, 3.05) is 32.5 Å². The molecular formula is C27H25NO6. The molecule has 3 aromatic rings. The van der Waals surface area contributed by atoms with Crippen molar-refractivity contribution in [2.45, 2.75) is 6.61 Å². The largest absolute Gasteiger partial charge is 0.489 e. The zero-order valence-electron chi connectivity index (χ0n) is 19.0. The van der Waals surface area contributed by atoms with Crippen LogP contribution in [-0.2, 0) is 30.4 Å². The Bertz CT molecular complexity index is 1190. The van der Waals surface area contributed by atoms with Gasteiger partial charge in [-0.05, 0) is 41.0 Å². The molecule has 0 unspecified atom stereocenters. The topological polar surface area (TPSA) is 74.3 Å². The second-order valence-electron chi connectivity index (χ2n) is 7.56. The van der Waals surface area contributed by atoms with Crippen molar-refractivity contribution in [1.29, 1.82) is 0 Å². The molecule has 0 bridgehead atoms. The molecule has 7 heteroatoms. The van der Waals surface area contributed by atoms with Crippen LogP contribution in [0.5, 0.6) is 5.75 Å². The molecule has 174 valence electrons. The molecular weight excluding hydrogens is 434 g/mol. The summed E-state index contributed by atoms with van der Waals surface area (Å²) in [7, 11) is 2.53. The zero-order valence-corrected chi connectivity index (χ0v) is 19.0. The van der Waals surface area contributed by atoms with Crippen molar-refractivity contribution in [3.8, 4) is 16.9 Å². The Morgan fingerprint density at radius 1 is 0.853 bits per heavy atom. The molecule has 7 nitrogen and oxygen atoms in total. The van der Waals surface area contributed by atoms with Crippen molar-refractivity contribution in [3.63, 3.8) is 0 Å². The Kier molecular flexibility index (Phi) is 7.25. The second kappa shape index (κ2) is 10.7. The zero-order chi connectivity index (χ0) is 23.9. The number of benzene rings is 3. The van der Waals surface area contributed by atoms with Crippen LogP contribution in [0.1, 0.15) is 5.56 Å². The van der Waals surface area contributed by atoms with E-state index in [-0.39, 0.29) is 24.6 Å². The number of hydrogen-bond donors (Lipinski definition) is 0. The average Bonchev–Trinajstić information content (AvgIpc) is 2.91. The van der Waals surface area contributed by atoms with Gasteiger partial charge in [-0.25, -0.2) is 9.59 Å². The van der Waals surface area contributed by atoms with Crippen LogP contribution in [0.15, 0.2) is 90.1 Å². The molecule has 4 rings (SSSR count). The van der Waals surface area contributed by atoms with Crippen LogP contribution >= 0.6 is 0 Å². The van der Waals surface area contributed by atoms with E-state index in [9.17, 15) is 9.59 Å². The summed E-state index contributed by atoms with van der Waals surface area (Å²) >= 11 is 0. The fraction of sp³-hybridized carbons (Fsp3) is 0.185. The van der Waals surface area contributed by atoms with Crippen molar-refractivity contribution in [3.05, 3.63) is 95.7 Å². The third-order valence-electron chi connectivity index (χ3n) is 5.43. The highest BCUT2D eigenvalue weighted by atomic mass is 16.5. The monoisotopic (exact) mass is 459 g/mol. The summed E-state index contributed by atoms with van der Waals surface area (Å²) in [5.74, 6) is -0.492. The van der Waals surface area contributed by atoms with Gasteiger partial charge in [0.2, 0.25) is 0 Å². The SMILES string of the molecule is COC(=O)C1=C(C(=O)OC)N(c2cccc(-c3ccc(OCc4ccccc4)cc3)c2)COC1. The molecule has 0 atom stereocenters. The number of esters is 2. The summed E-state index contributed by atoms with van der Waals surface area (Å²) in [6.45, 7) is 0.564. The van der Waals surface area contributed by atoms with Gasteiger partial charge in [0.15, 0.2) is 0 Å². The van der Waals surface area contributed by atoms with E-state index in [4.69, 9.17) is 18.9 Å². The summed E-state index contributed by atoms with van der Waals surface area (Å²) in [5.41, 5.74) is 3.92. The Hall–Kier alpha value is -4.10. The molecule has 1 aliphatic rings. The van der Waals surface area contributed by atoms with E-state index in [1.54, 1.807) is 4.90 Å². The summed E-state index contributed by atoms with van der Waals surface area (Å²) < 4.78 is 21.2. The smallest absolute Gasteiger partial charge is 0.355 e. The number of carbonyl (C=O) groups excluding carboxylic acids is 2. The maximum Gasteiger partial charge on any atom is 0.355 e. The molecule has 0 aliphatic carbocycles. The molecule has 0 fully saturated rings. The van der Waals surface area contributed by atoms with Crippen molar-refractivity contribution < 1.29 is 28.5 Å². The van der Waals surface area contributed by atoms with Crippen LogP contribution in [0.3, 0.4) is 0 Å². The number of rotatable bonds is 7. The Balaban J connectivity index is 1.57. The molecule has 0 N–H and O–H groups in total. The fourth-order valence-corrected chi connectivity index (χ4v) is 3.69. The minimum Gasteiger partial charge on any atom is -0.489 e. The molecule has 0 saturated heterocycles. The molecule has 1 heterocycles. The molecule has 34 heavy (non-hydrogen) atoms. The molecule has 0 radical (unpaired) electrons. The van der Waals surface area contributed by atoms with Crippen molar-refractivity contribution in [1.82, 2.24) is 0 Å². The van der Waals surface area contributed by atoms with E-state index < -0.39 is 11.9 Å². The molecule has 3 aromatic carbocycles. The van der Waals surface area contributed by atoms with Crippen molar-refractivity contribution >= 4 is 17.6 Å². The van der Waals surface area contributed by atoms with Gasteiger partial charge in [-0.3, -0.25) is 0 Å². The van der Waals surface area contributed by atoms with Gasteiger partial charge < -0.3 is 23.8 Å². The van der Waals surface area contributed by atoms with Gasteiger partial charge in [-0.1, -0.05) is 54.6 Å². The highest BCUT2D eigenvalue weighted by Gasteiger charge is 2.32. The van der Waals surface area contributed by atoms with Gasteiger partial charge in [-0.2, -0.15) is 0 Å². The van der Waals surface area contributed by atoms with Crippen LogP contribution in [0.25, 0.3) is 11.1 Å². The van der Waals surface area contributed by atoms with E-state index in [2.05, 4.69) is 0 Å². The highest BCUT2D eigenvalue weighted by Crippen LogP contribution is 2.31. The molecule has 0 saturated carbocycles. The summed E-state index contributed by atoms with van der Waals surface area (Å²) in [5, 5.41) is 0. The van der Waals surface area contributed by atoms with E-state index >= 15 is 0 Å². The Labute approximate surface area is 198 Å². The van der Waals surface area contributed by atoms with E-state index in [1.165, 1.54) is 14.2 Å². The molecule has 0 aromatic heterocycles. The average molecular weight is 459 g/mol. The van der Waals surface area contributed by atoms with Gasteiger partial charge in [0.05, 0.1) is 26.4 Å². The standard InChI is InChI=1S/C27H25NO6/c1-31-26(29)24-17-33-18-28(25(24)27(30)32-2)22-10-6-9-21(15-22)20-11-13-23(14-12-20)34-16-19-7-4-3-5-8-19/h3-15H,16-18H2,1-2H3. The first-order chi connectivity index (χ1) is 16.6. The number of anilines is 1. The van der Waals surface area contributed by atoms with E-state index in [0.717, 1.165) is 22.4 Å². The lowest BCUT2D eigenvalue weighted by molar-refractivity contribution is -0.140. The number of nitrogens with zero attached hydrogens (tertiary/aromatic N) is 1. The lowest BCUT2D eigenvalue weighted by atomic mass is 10.0. The van der Waals surface area contributed by atoms with Crippen molar-refractivity contribution in [2.24, 2.45) is 0 Å². The fourth-order valence-electron chi connectivity index (χ4n) is 3.69. The Morgan fingerprint density at radius 2 is 1.59 bits per heavy atom. The van der Waals surface area contributed by atoms with Gasteiger partial charge in [0.25, 0.3) is 0 Å². The predicted octanol–water partition coefficient (Wildman–Crippen LogP) is 4.33. The first kappa shape index (κ1) is 23.1. The van der Waals surface area contributed by atoms with E-state index in [1.807, 2.05) is 78.9 Å². The molecule has 1 aliphatic heterocycles. The normalized spacial score (nSPS) is 13.4. The first-order valence-electron chi connectivity index (χ1n) is 10.7. The maximum atomic E-state index is 12.5. The van der Waals surface area contributed by atoms with Gasteiger partial charge in [-0.15, -0.1) is 0 Å². The third kappa shape index (κ3) is 5.10. The Morgan fingerprint density at radius 3 is 2.29 bits per heavy atom. The molecule has 0 spiro atoms. The van der Waals surface area contributed by atoms with Crippen LogP contribution in [-0.4, -0.2) is 39.5 Å². The van der Waals surface area contributed by atoms with Gasteiger partial charge in [0, 0.05) is 5.69 Å². The number of methoxy groups -OCH3 is 2.